The molecule has 0 saturated heterocycles. The number of benzene rings is 2. The average molecular weight is 310 g/mol. The molecule has 0 aromatic heterocycles. The minimum atomic E-state index is -0.786. The van der Waals surface area contributed by atoms with Crippen molar-refractivity contribution in [1.29, 1.82) is 10.5 Å². The smallest absolute Gasteiger partial charge is 0.252 e. The van der Waals surface area contributed by atoms with Crippen molar-refractivity contribution in [3.8, 4) is 12.1 Å². The molecule has 1 unspecified atom stereocenters. The van der Waals surface area contributed by atoms with Crippen LogP contribution in [-0.2, 0) is 6.42 Å². The molecule has 4 nitrogen and oxygen atoms in total. The van der Waals surface area contributed by atoms with Gasteiger partial charge in [0, 0.05) is 10.6 Å². The van der Waals surface area contributed by atoms with Crippen LogP contribution >= 0.6 is 11.6 Å². The summed E-state index contributed by atoms with van der Waals surface area (Å²) in [7, 11) is 0. The van der Waals surface area contributed by atoms with Crippen LogP contribution < -0.4 is 5.32 Å². The summed E-state index contributed by atoms with van der Waals surface area (Å²) in [4.78, 5) is 12.3. The molecule has 1 N–H and O–H groups in total. The van der Waals surface area contributed by atoms with Crippen molar-refractivity contribution in [1.82, 2.24) is 5.32 Å². The highest BCUT2D eigenvalue weighted by Gasteiger charge is 2.15. The molecule has 0 aliphatic heterocycles. The maximum atomic E-state index is 12.3. The maximum absolute atomic E-state index is 12.3. The summed E-state index contributed by atoms with van der Waals surface area (Å²) in [6, 6.07) is 16.9. The number of carbonyl (C=O) groups is 1. The Morgan fingerprint density at radius 2 is 1.95 bits per heavy atom. The monoisotopic (exact) mass is 309 g/mol. The highest BCUT2D eigenvalue weighted by molar-refractivity contribution is 6.30. The summed E-state index contributed by atoms with van der Waals surface area (Å²) in [6.07, 6.45) is 0.233. The lowest BCUT2D eigenvalue weighted by Gasteiger charge is -2.12. The molecule has 0 spiro atoms. The molecule has 108 valence electrons. The summed E-state index contributed by atoms with van der Waals surface area (Å²) >= 11 is 5.90. The number of hydrogen-bond donors (Lipinski definition) is 1. The lowest BCUT2D eigenvalue weighted by molar-refractivity contribution is 0.0945. The lowest BCUT2D eigenvalue weighted by Crippen LogP contribution is -2.27. The first-order valence-corrected chi connectivity index (χ1v) is 6.93. The maximum Gasteiger partial charge on any atom is 0.252 e. The number of rotatable bonds is 4. The minimum absolute atomic E-state index is 0.233. The Morgan fingerprint density at radius 3 is 2.64 bits per heavy atom. The Hall–Kier alpha value is -2.82. The van der Waals surface area contributed by atoms with E-state index in [-0.39, 0.29) is 12.3 Å². The SMILES string of the molecule is N#CCc1cccc(C(=O)NC(C#N)c2cccc(Cl)c2)c1. The topological polar surface area (TPSA) is 76.7 Å². The van der Waals surface area contributed by atoms with E-state index < -0.39 is 6.04 Å². The number of halogens is 1. The second kappa shape index (κ2) is 7.26. The number of amides is 1. The van der Waals surface area contributed by atoms with Gasteiger partial charge in [0.05, 0.1) is 18.6 Å². The van der Waals surface area contributed by atoms with Crippen molar-refractivity contribution in [2.75, 3.05) is 0 Å². The molecule has 0 radical (unpaired) electrons. The van der Waals surface area contributed by atoms with E-state index in [0.29, 0.717) is 16.1 Å². The van der Waals surface area contributed by atoms with E-state index >= 15 is 0 Å². The quantitative estimate of drug-likeness (QED) is 0.940. The molecule has 2 rings (SSSR count). The Kier molecular flexibility index (Phi) is 5.14. The van der Waals surface area contributed by atoms with Crippen LogP contribution in [0.1, 0.15) is 27.5 Å². The van der Waals surface area contributed by atoms with Gasteiger partial charge in [-0.2, -0.15) is 10.5 Å². The molecule has 1 amide bonds. The van der Waals surface area contributed by atoms with Crippen molar-refractivity contribution < 1.29 is 4.79 Å². The van der Waals surface area contributed by atoms with Gasteiger partial charge in [-0.25, -0.2) is 0 Å². The summed E-state index contributed by atoms with van der Waals surface area (Å²) < 4.78 is 0. The molecule has 0 bridgehead atoms. The fourth-order valence-corrected chi connectivity index (χ4v) is 2.20. The Bertz CT molecular complexity index is 774. The molecule has 2 aromatic carbocycles. The Labute approximate surface area is 133 Å². The zero-order chi connectivity index (χ0) is 15.9. The van der Waals surface area contributed by atoms with Gasteiger partial charge in [-0.05, 0) is 35.4 Å². The zero-order valence-electron chi connectivity index (χ0n) is 11.6. The van der Waals surface area contributed by atoms with Crippen molar-refractivity contribution >= 4 is 17.5 Å². The lowest BCUT2D eigenvalue weighted by atomic mass is 10.1. The van der Waals surface area contributed by atoms with Crippen LogP contribution in [0.4, 0.5) is 0 Å². The zero-order valence-corrected chi connectivity index (χ0v) is 12.3. The van der Waals surface area contributed by atoms with Gasteiger partial charge in [-0.15, -0.1) is 0 Å². The van der Waals surface area contributed by atoms with E-state index in [1.165, 1.54) is 0 Å². The van der Waals surface area contributed by atoms with Crippen LogP contribution in [0.3, 0.4) is 0 Å². The third kappa shape index (κ3) is 3.85. The fraction of sp³-hybridized carbons (Fsp3) is 0.118. The van der Waals surface area contributed by atoms with Gasteiger partial charge in [0.15, 0.2) is 0 Å². The van der Waals surface area contributed by atoms with Gasteiger partial charge >= 0.3 is 0 Å². The molecule has 0 aliphatic rings. The summed E-state index contributed by atoms with van der Waals surface area (Å²) in [6.45, 7) is 0. The molecular formula is C17H12ClN3O. The molecule has 0 aliphatic carbocycles. The van der Waals surface area contributed by atoms with Gasteiger partial charge in [-0.3, -0.25) is 4.79 Å². The number of hydrogen-bond acceptors (Lipinski definition) is 3. The summed E-state index contributed by atoms with van der Waals surface area (Å²) in [5.74, 6) is -0.369. The van der Waals surface area contributed by atoms with Gasteiger partial charge < -0.3 is 5.32 Å². The first kappa shape index (κ1) is 15.6. The second-order valence-electron chi connectivity index (χ2n) is 4.63. The molecule has 5 heteroatoms. The van der Waals surface area contributed by atoms with Crippen LogP contribution in [0.5, 0.6) is 0 Å². The Balaban J connectivity index is 2.18. The molecule has 0 fully saturated rings. The van der Waals surface area contributed by atoms with Crippen molar-refractivity contribution in [3.63, 3.8) is 0 Å². The van der Waals surface area contributed by atoms with Gasteiger partial charge in [0.25, 0.3) is 5.91 Å². The molecule has 2 aromatic rings. The molecule has 1 atom stereocenters. The van der Waals surface area contributed by atoms with Crippen molar-refractivity contribution in [2.45, 2.75) is 12.5 Å². The van der Waals surface area contributed by atoms with E-state index in [1.54, 1.807) is 48.5 Å². The predicted molar refractivity (Wildman–Crippen MR) is 83.0 cm³/mol. The third-order valence-electron chi connectivity index (χ3n) is 3.06. The van der Waals surface area contributed by atoms with E-state index in [9.17, 15) is 10.1 Å². The second-order valence-corrected chi connectivity index (χ2v) is 5.06. The average Bonchev–Trinajstić information content (AvgIpc) is 2.53. The van der Waals surface area contributed by atoms with Gasteiger partial charge in [0.2, 0.25) is 0 Å². The van der Waals surface area contributed by atoms with Crippen LogP contribution in [0, 0.1) is 22.7 Å². The highest BCUT2D eigenvalue weighted by atomic mass is 35.5. The fourth-order valence-electron chi connectivity index (χ4n) is 2.00. The number of nitriles is 2. The van der Waals surface area contributed by atoms with E-state index in [0.717, 1.165) is 5.56 Å². The van der Waals surface area contributed by atoms with Crippen molar-refractivity contribution in [3.05, 3.63) is 70.2 Å². The third-order valence-corrected chi connectivity index (χ3v) is 3.29. The van der Waals surface area contributed by atoms with Crippen LogP contribution in [0.2, 0.25) is 5.02 Å². The molecule has 0 heterocycles. The summed E-state index contributed by atoms with van der Waals surface area (Å²) in [5, 5.41) is 21.1. The van der Waals surface area contributed by atoms with Crippen LogP contribution in [0.25, 0.3) is 0 Å². The largest absolute Gasteiger partial charge is 0.332 e. The van der Waals surface area contributed by atoms with Gasteiger partial charge in [0.1, 0.15) is 6.04 Å². The number of carbonyl (C=O) groups excluding carboxylic acids is 1. The molecular weight excluding hydrogens is 298 g/mol. The highest BCUT2D eigenvalue weighted by Crippen LogP contribution is 2.18. The van der Waals surface area contributed by atoms with Crippen molar-refractivity contribution in [2.24, 2.45) is 0 Å². The molecule has 0 saturated carbocycles. The normalized spacial score (nSPS) is 11.0. The minimum Gasteiger partial charge on any atom is -0.332 e. The van der Waals surface area contributed by atoms with E-state index in [2.05, 4.69) is 5.32 Å². The first-order valence-electron chi connectivity index (χ1n) is 6.56. The van der Waals surface area contributed by atoms with E-state index in [4.69, 9.17) is 16.9 Å². The summed E-state index contributed by atoms with van der Waals surface area (Å²) in [5.41, 5.74) is 1.79. The first-order chi connectivity index (χ1) is 10.6. The Morgan fingerprint density at radius 1 is 1.18 bits per heavy atom. The van der Waals surface area contributed by atoms with Crippen LogP contribution in [0.15, 0.2) is 48.5 Å². The van der Waals surface area contributed by atoms with E-state index in [1.807, 2.05) is 12.1 Å². The van der Waals surface area contributed by atoms with Crippen LogP contribution in [-0.4, -0.2) is 5.91 Å². The van der Waals surface area contributed by atoms with Gasteiger partial charge in [-0.1, -0.05) is 35.9 Å². The standard InChI is InChI=1S/C17H12ClN3O/c18-15-6-2-4-13(10-15)16(11-20)21-17(22)14-5-1-3-12(9-14)7-8-19/h1-6,9-10,16H,7H2,(H,21,22). The predicted octanol–water partition coefficient (Wildman–Crippen LogP) is 3.40. The molecule has 22 heavy (non-hydrogen) atoms. The number of nitrogens with one attached hydrogen (secondary N) is 1. The number of nitrogens with zero attached hydrogens (tertiary/aromatic N) is 2.